The number of aliphatic imine (C=N–C) groups is 1. The average molecular weight is 441 g/mol. The Bertz CT molecular complexity index is 1300. The van der Waals surface area contributed by atoms with Gasteiger partial charge in [-0.15, -0.1) is 0 Å². The third-order valence-corrected chi connectivity index (χ3v) is 4.95. The van der Waals surface area contributed by atoms with E-state index in [2.05, 4.69) is 10.5 Å². The Hall–Kier alpha value is -4.39. The van der Waals surface area contributed by atoms with E-state index in [1.165, 1.54) is 0 Å². The lowest BCUT2D eigenvalue weighted by molar-refractivity contribution is 0.355. The van der Waals surface area contributed by atoms with Crippen molar-refractivity contribution in [3.63, 3.8) is 0 Å². The fourth-order valence-electron chi connectivity index (χ4n) is 3.22. The first-order valence-corrected chi connectivity index (χ1v) is 10.3. The molecule has 0 radical (unpaired) electrons. The number of ether oxygens (including phenoxy) is 3. The van der Waals surface area contributed by atoms with Gasteiger partial charge < -0.3 is 14.2 Å². The van der Waals surface area contributed by atoms with Crippen molar-refractivity contribution in [2.24, 2.45) is 10.1 Å². The van der Waals surface area contributed by atoms with Gasteiger partial charge in [-0.3, -0.25) is 5.43 Å². The summed E-state index contributed by atoms with van der Waals surface area (Å²) >= 11 is 0. The summed E-state index contributed by atoms with van der Waals surface area (Å²) in [4.78, 5) is 9.49. The van der Waals surface area contributed by atoms with Crippen molar-refractivity contribution >= 4 is 28.6 Å². The monoisotopic (exact) mass is 440 g/mol. The summed E-state index contributed by atoms with van der Waals surface area (Å²) in [5.41, 5.74) is 6.19. The van der Waals surface area contributed by atoms with Crippen LogP contribution >= 0.6 is 0 Å². The lowest BCUT2D eigenvalue weighted by Crippen LogP contribution is -2.20. The van der Waals surface area contributed by atoms with Gasteiger partial charge in [0.15, 0.2) is 17.3 Å². The fourth-order valence-corrected chi connectivity index (χ4v) is 3.22. The van der Waals surface area contributed by atoms with Crippen molar-refractivity contribution in [2.45, 2.75) is 0 Å². The highest BCUT2D eigenvalue weighted by molar-refractivity contribution is 6.00. The molecule has 4 rings (SSSR count). The first-order chi connectivity index (χ1) is 16.2. The highest BCUT2D eigenvalue weighted by Gasteiger charge is 2.08. The van der Waals surface area contributed by atoms with Crippen molar-refractivity contribution < 1.29 is 14.2 Å². The van der Waals surface area contributed by atoms with Gasteiger partial charge in [-0.2, -0.15) is 5.10 Å². The van der Waals surface area contributed by atoms with Gasteiger partial charge in [0, 0.05) is 5.39 Å². The predicted octanol–water partition coefficient (Wildman–Crippen LogP) is 4.96. The van der Waals surface area contributed by atoms with Gasteiger partial charge in [0.25, 0.3) is 0 Å². The van der Waals surface area contributed by atoms with Crippen LogP contribution in [0.2, 0.25) is 0 Å². The largest absolute Gasteiger partial charge is 0.497 e. The van der Waals surface area contributed by atoms with Crippen LogP contribution in [0, 0.1) is 0 Å². The Morgan fingerprint density at radius 2 is 1.61 bits per heavy atom. The fraction of sp³-hybridized carbons (Fsp3) is 0.115. The molecule has 1 N–H and O–H groups in total. The van der Waals surface area contributed by atoms with Crippen LogP contribution in [-0.2, 0) is 0 Å². The first kappa shape index (κ1) is 21.8. The number of aromatic nitrogens is 1. The minimum absolute atomic E-state index is 0.516. The maximum Gasteiger partial charge on any atom is 0.173 e. The van der Waals surface area contributed by atoms with Crippen LogP contribution < -0.4 is 19.6 Å². The van der Waals surface area contributed by atoms with Gasteiger partial charge >= 0.3 is 0 Å². The quantitative estimate of drug-likeness (QED) is 0.250. The van der Waals surface area contributed by atoms with Crippen LogP contribution in [0.15, 0.2) is 89.0 Å². The van der Waals surface area contributed by atoms with E-state index >= 15 is 0 Å². The molecule has 0 aliphatic carbocycles. The number of hydrogen-bond donors (Lipinski definition) is 1. The molecule has 0 saturated heterocycles. The van der Waals surface area contributed by atoms with Crippen LogP contribution in [0.3, 0.4) is 0 Å². The Balaban J connectivity index is 1.66. The number of methoxy groups -OCH3 is 3. The highest BCUT2D eigenvalue weighted by atomic mass is 16.5. The number of rotatable bonds is 7. The number of hydrazone groups is 1. The molecule has 0 saturated carbocycles. The molecular formula is C26H24N4O3. The average Bonchev–Trinajstić information content (AvgIpc) is 2.88. The summed E-state index contributed by atoms with van der Waals surface area (Å²) in [6.45, 7) is 0. The SMILES string of the molecule is COc1ccc(N=C(NN=Cc2ccc(OC)c(OC)c2)c2ccc3ccccc3n2)cc1. The van der Waals surface area contributed by atoms with Crippen LogP contribution in [0.1, 0.15) is 11.3 Å². The number of para-hydroxylation sites is 1. The maximum absolute atomic E-state index is 5.36. The van der Waals surface area contributed by atoms with Crippen molar-refractivity contribution in [3.8, 4) is 17.2 Å². The van der Waals surface area contributed by atoms with E-state index in [1.807, 2.05) is 78.9 Å². The summed E-state index contributed by atoms with van der Waals surface area (Å²) in [6.07, 6.45) is 1.69. The Morgan fingerprint density at radius 1 is 0.818 bits per heavy atom. The molecule has 4 aromatic rings. The van der Waals surface area contributed by atoms with Gasteiger partial charge in [0.1, 0.15) is 11.4 Å². The molecule has 3 aromatic carbocycles. The summed E-state index contributed by atoms with van der Waals surface area (Å²) in [6, 6.07) is 24.9. The predicted molar refractivity (Wildman–Crippen MR) is 131 cm³/mol. The molecule has 1 heterocycles. The first-order valence-electron chi connectivity index (χ1n) is 10.3. The maximum atomic E-state index is 5.36. The van der Waals surface area contributed by atoms with Gasteiger partial charge in [0.2, 0.25) is 0 Å². The Morgan fingerprint density at radius 3 is 2.36 bits per heavy atom. The molecule has 0 atom stereocenters. The number of pyridine rings is 1. The molecule has 0 bridgehead atoms. The second kappa shape index (κ2) is 10.3. The smallest absolute Gasteiger partial charge is 0.173 e. The minimum Gasteiger partial charge on any atom is -0.497 e. The van der Waals surface area contributed by atoms with Gasteiger partial charge in [-0.05, 0) is 60.2 Å². The Labute approximate surface area is 192 Å². The zero-order valence-electron chi connectivity index (χ0n) is 18.6. The third-order valence-electron chi connectivity index (χ3n) is 4.95. The van der Waals surface area contributed by atoms with E-state index in [-0.39, 0.29) is 0 Å². The summed E-state index contributed by atoms with van der Waals surface area (Å²) in [5.74, 6) is 2.57. The standard InChI is InChI=1S/C26H24N4O3/c1-31-21-12-10-20(11-13-21)28-26(23-14-9-19-6-4-5-7-22(19)29-23)30-27-17-18-8-15-24(32-2)25(16-18)33-3/h4-17H,1-3H3,(H,28,30). The molecule has 33 heavy (non-hydrogen) atoms. The summed E-state index contributed by atoms with van der Waals surface area (Å²) in [5, 5.41) is 5.45. The molecular weight excluding hydrogens is 416 g/mol. The molecule has 1 aromatic heterocycles. The normalized spacial score (nSPS) is 11.5. The molecule has 0 fully saturated rings. The van der Waals surface area contributed by atoms with Crippen LogP contribution in [0.25, 0.3) is 10.9 Å². The minimum atomic E-state index is 0.516. The number of hydrogen-bond acceptors (Lipinski definition) is 6. The van der Waals surface area contributed by atoms with Crippen LogP contribution in [0.4, 0.5) is 5.69 Å². The highest BCUT2D eigenvalue weighted by Crippen LogP contribution is 2.27. The molecule has 0 amide bonds. The number of nitrogens with one attached hydrogen (secondary N) is 1. The van der Waals surface area contributed by atoms with E-state index in [4.69, 9.17) is 24.2 Å². The van der Waals surface area contributed by atoms with Crippen molar-refractivity contribution in [3.05, 3.63) is 90.1 Å². The topological polar surface area (TPSA) is 77.3 Å². The van der Waals surface area contributed by atoms with E-state index in [0.717, 1.165) is 27.9 Å². The van der Waals surface area contributed by atoms with Gasteiger partial charge in [0.05, 0.1) is 38.7 Å². The van der Waals surface area contributed by atoms with E-state index < -0.39 is 0 Å². The zero-order chi connectivity index (χ0) is 23.0. The zero-order valence-corrected chi connectivity index (χ0v) is 18.6. The molecule has 0 unspecified atom stereocenters. The molecule has 166 valence electrons. The van der Waals surface area contributed by atoms with E-state index in [9.17, 15) is 0 Å². The number of fused-ring (bicyclic) bond motifs is 1. The number of amidine groups is 1. The van der Waals surface area contributed by atoms with E-state index in [1.54, 1.807) is 27.5 Å². The molecule has 0 aliphatic heterocycles. The van der Waals surface area contributed by atoms with Crippen molar-refractivity contribution in [1.82, 2.24) is 10.4 Å². The molecule has 0 spiro atoms. The molecule has 7 heteroatoms. The van der Waals surface area contributed by atoms with Gasteiger partial charge in [-0.25, -0.2) is 9.98 Å². The Kier molecular flexibility index (Phi) is 6.80. The molecule has 0 aliphatic rings. The third kappa shape index (κ3) is 5.27. The summed E-state index contributed by atoms with van der Waals surface area (Å²) in [7, 11) is 4.83. The van der Waals surface area contributed by atoms with Crippen LogP contribution in [0.5, 0.6) is 17.2 Å². The second-order valence-corrected chi connectivity index (χ2v) is 7.03. The second-order valence-electron chi connectivity index (χ2n) is 7.03. The summed E-state index contributed by atoms with van der Waals surface area (Å²) < 4.78 is 15.9. The number of nitrogens with zero attached hydrogens (tertiary/aromatic N) is 3. The van der Waals surface area contributed by atoms with Crippen molar-refractivity contribution in [1.29, 1.82) is 0 Å². The van der Waals surface area contributed by atoms with Gasteiger partial charge in [-0.1, -0.05) is 24.3 Å². The molecule has 7 nitrogen and oxygen atoms in total. The lowest BCUT2D eigenvalue weighted by Gasteiger charge is -2.09. The number of benzene rings is 3. The van der Waals surface area contributed by atoms with Crippen molar-refractivity contribution in [2.75, 3.05) is 21.3 Å². The van der Waals surface area contributed by atoms with Crippen LogP contribution in [-0.4, -0.2) is 38.4 Å². The lowest BCUT2D eigenvalue weighted by atomic mass is 10.2. The van der Waals surface area contributed by atoms with E-state index in [0.29, 0.717) is 23.0 Å².